The Hall–Kier alpha value is -1.43. The largest absolute Gasteiger partial charge is 0.465 e. The van der Waals surface area contributed by atoms with Gasteiger partial charge in [0.05, 0.1) is 6.17 Å². The van der Waals surface area contributed by atoms with E-state index < -0.39 is 0 Å². The molecule has 0 amide bonds. The second-order valence-corrected chi connectivity index (χ2v) is 5.24. The van der Waals surface area contributed by atoms with Gasteiger partial charge in [-0.15, -0.1) is 0 Å². The van der Waals surface area contributed by atoms with E-state index in [2.05, 4.69) is 29.3 Å². The first-order valence-corrected chi connectivity index (χ1v) is 7.02. The van der Waals surface area contributed by atoms with Crippen LogP contribution in [0.5, 0.6) is 0 Å². The van der Waals surface area contributed by atoms with E-state index in [-0.39, 0.29) is 24.2 Å². The van der Waals surface area contributed by atoms with Crippen LogP contribution in [0.2, 0.25) is 0 Å². The van der Waals surface area contributed by atoms with Gasteiger partial charge < -0.3 is 15.8 Å². The van der Waals surface area contributed by atoms with Crippen LogP contribution in [0.3, 0.4) is 0 Å². The number of rotatable bonds is 4. The van der Waals surface area contributed by atoms with Crippen molar-refractivity contribution in [3.63, 3.8) is 0 Å². The van der Waals surface area contributed by atoms with Crippen molar-refractivity contribution in [2.75, 3.05) is 19.7 Å². The lowest BCUT2D eigenvalue weighted by Crippen LogP contribution is -2.62. The average Bonchev–Trinajstić information content (AvgIpc) is 2.44. The molecule has 1 aromatic carbocycles. The van der Waals surface area contributed by atoms with Crippen molar-refractivity contribution < 1.29 is 9.53 Å². The van der Waals surface area contributed by atoms with Crippen LogP contribution in [0, 0.1) is 0 Å². The number of ether oxygens (including phenoxy) is 1. The molecule has 1 aromatic rings. The molecule has 3 atom stereocenters. The minimum atomic E-state index is -0.249. The minimum Gasteiger partial charge on any atom is -0.465 e. The van der Waals surface area contributed by atoms with Gasteiger partial charge in [0.1, 0.15) is 6.61 Å². The Morgan fingerprint density at radius 2 is 2.15 bits per heavy atom. The third-order valence-corrected chi connectivity index (χ3v) is 3.70. The Labute approximate surface area is 120 Å². The SMILES string of the molecule is CC(=O)OCCN1CC(c2ccccc2)NC(C)C1N. The Kier molecular flexibility index (Phi) is 5.11. The smallest absolute Gasteiger partial charge is 0.302 e. The predicted molar refractivity (Wildman–Crippen MR) is 78.0 cm³/mol. The maximum absolute atomic E-state index is 10.8. The summed E-state index contributed by atoms with van der Waals surface area (Å²) < 4.78 is 5.01. The van der Waals surface area contributed by atoms with Gasteiger partial charge in [-0.25, -0.2) is 0 Å². The van der Waals surface area contributed by atoms with Crippen molar-refractivity contribution in [2.24, 2.45) is 5.73 Å². The van der Waals surface area contributed by atoms with Gasteiger partial charge in [0.2, 0.25) is 0 Å². The number of benzene rings is 1. The fraction of sp³-hybridized carbons (Fsp3) is 0.533. The first-order chi connectivity index (χ1) is 9.58. The number of carbonyl (C=O) groups excluding carboxylic acids is 1. The summed E-state index contributed by atoms with van der Waals surface area (Å²) in [6, 6.07) is 10.8. The van der Waals surface area contributed by atoms with E-state index in [0.717, 1.165) is 6.54 Å². The zero-order valence-electron chi connectivity index (χ0n) is 12.1. The molecule has 1 fully saturated rings. The Bertz CT molecular complexity index is 438. The zero-order valence-corrected chi connectivity index (χ0v) is 12.1. The van der Waals surface area contributed by atoms with Crippen molar-refractivity contribution in [2.45, 2.75) is 32.1 Å². The first kappa shape index (κ1) is 15.0. The number of carbonyl (C=O) groups is 1. The van der Waals surface area contributed by atoms with E-state index in [0.29, 0.717) is 13.2 Å². The lowest BCUT2D eigenvalue weighted by atomic mass is 10.0. The van der Waals surface area contributed by atoms with E-state index in [9.17, 15) is 4.79 Å². The zero-order chi connectivity index (χ0) is 14.5. The molecule has 0 radical (unpaired) electrons. The number of hydrogen-bond acceptors (Lipinski definition) is 5. The standard InChI is InChI=1S/C15H23N3O2/c1-11-15(16)18(8-9-20-12(2)19)10-14(17-11)13-6-4-3-5-7-13/h3-7,11,14-15,17H,8-10,16H2,1-2H3. The van der Waals surface area contributed by atoms with Crippen LogP contribution in [0.1, 0.15) is 25.5 Å². The maximum atomic E-state index is 10.8. The molecule has 2 rings (SSSR count). The van der Waals surface area contributed by atoms with Crippen LogP contribution in [0.25, 0.3) is 0 Å². The molecular formula is C15H23N3O2. The second kappa shape index (κ2) is 6.83. The van der Waals surface area contributed by atoms with E-state index in [1.54, 1.807) is 0 Å². The van der Waals surface area contributed by atoms with Gasteiger partial charge in [-0.2, -0.15) is 0 Å². The van der Waals surface area contributed by atoms with Gasteiger partial charge in [0.15, 0.2) is 0 Å². The number of piperazine rings is 1. The normalized spacial score (nSPS) is 27.2. The lowest BCUT2D eigenvalue weighted by molar-refractivity contribution is -0.141. The summed E-state index contributed by atoms with van der Waals surface area (Å²) in [5.74, 6) is -0.249. The fourth-order valence-corrected chi connectivity index (χ4v) is 2.58. The Balaban J connectivity index is 1.98. The third kappa shape index (κ3) is 3.79. The van der Waals surface area contributed by atoms with E-state index >= 15 is 0 Å². The highest BCUT2D eigenvalue weighted by Gasteiger charge is 2.31. The third-order valence-electron chi connectivity index (χ3n) is 3.70. The van der Waals surface area contributed by atoms with Gasteiger partial charge in [0.25, 0.3) is 0 Å². The summed E-state index contributed by atoms with van der Waals surface area (Å²) in [6.45, 7) is 5.37. The molecule has 5 nitrogen and oxygen atoms in total. The number of nitrogens with one attached hydrogen (secondary N) is 1. The summed E-state index contributed by atoms with van der Waals surface area (Å²) in [4.78, 5) is 13.0. The summed E-state index contributed by atoms with van der Waals surface area (Å²) in [5, 5.41) is 3.54. The van der Waals surface area contributed by atoms with Gasteiger partial charge in [-0.05, 0) is 12.5 Å². The highest BCUT2D eigenvalue weighted by atomic mass is 16.5. The van der Waals surface area contributed by atoms with Crippen LogP contribution in [0.4, 0.5) is 0 Å². The average molecular weight is 277 g/mol. The molecule has 1 saturated heterocycles. The highest BCUT2D eigenvalue weighted by molar-refractivity contribution is 5.65. The van der Waals surface area contributed by atoms with Crippen molar-refractivity contribution in [3.8, 4) is 0 Å². The molecule has 1 aliphatic heterocycles. The summed E-state index contributed by atoms with van der Waals surface area (Å²) in [6.07, 6.45) is -0.0643. The molecule has 0 aliphatic carbocycles. The molecule has 20 heavy (non-hydrogen) atoms. The number of esters is 1. The van der Waals surface area contributed by atoms with Crippen LogP contribution >= 0.6 is 0 Å². The molecule has 110 valence electrons. The lowest BCUT2D eigenvalue weighted by Gasteiger charge is -2.42. The summed E-state index contributed by atoms with van der Waals surface area (Å²) in [7, 11) is 0. The topological polar surface area (TPSA) is 67.6 Å². The summed E-state index contributed by atoms with van der Waals surface area (Å²) >= 11 is 0. The van der Waals surface area contributed by atoms with Crippen LogP contribution in [0.15, 0.2) is 30.3 Å². The quantitative estimate of drug-likeness (QED) is 0.799. The van der Waals surface area contributed by atoms with E-state index in [4.69, 9.17) is 10.5 Å². The van der Waals surface area contributed by atoms with Crippen LogP contribution in [-0.4, -0.2) is 42.8 Å². The van der Waals surface area contributed by atoms with Gasteiger partial charge >= 0.3 is 5.97 Å². The van der Waals surface area contributed by atoms with Crippen LogP contribution in [-0.2, 0) is 9.53 Å². The van der Waals surface area contributed by atoms with Crippen molar-refractivity contribution in [1.29, 1.82) is 0 Å². The molecule has 1 heterocycles. The number of nitrogens with zero attached hydrogens (tertiary/aromatic N) is 1. The monoisotopic (exact) mass is 277 g/mol. The van der Waals surface area contributed by atoms with Crippen molar-refractivity contribution in [3.05, 3.63) is 35.9 Å². The van der Waals surface area contributed by atoms with Gasteiger partial charge in [-0.1, -0.05) is 30.3 Å². The molecule has 0 saturated carbocycles. The molecule has 0 aromatic heterocycles. The van der Waals surface area contributed by atoms with Crippen LogP contribution < -0.4 is 11.1 Å². The molecule has 3 N–H and O–H groups in total. The maximum Gasteiger partial charge on any atom is 0.302 e. The molecule has 1 aliphatic rings. The van der Waals surface area contributed by atoms with Gasteiger partial charge in [-0.3, -0.25) is 9.69 Å². The molecular weight excluding hydrogens is 254 g/mol. The predicted octanol–water partition coefficient (Wildman–Crippen LogP) is 0.869. The second-order valence-electron chi connectivity index (χ2n) is 5.24. The van der Waals surface area contributed by atoms with Gasteiger partial charge in [0, 0.05) is 32.1 Å². The minimum absolute atomic E-state index is 0.0643. The Morgan fingerprint density at radius 3 is 2.80 bits per heavy atom. The molecule has 0 bridgehead atoms. The molecule has 5 heteroatoms. The van der Waals surface area contributed by atoms with E-state index in [1.807, 2.05) is 18.2 Å². The molecule has 0 spiro atoms. The molecule has 3 unspecified atom stereocenters. The highest BCUT2D eigenvalue weighted by Crippen LogP contribution is 2.21. The Morgan fingerprint density at radius 1 is 1.45 bits per heavy atom. The first-order valence-electron chi connectivity index (χ1n) is 7.02. The van der Waals surface area contributed by atoms with E-state index in [1.165, 1.54) is 12.5 Å². The number of nitrogens with two attached hydrogens (primary N) is 1. The van der Waals surface area contributed by atoms with Crippen molar-refractivity contribution in [1.82, 2.24) is 10.2 Å². The summed E-state index contributed by atoms with van der Waals surface area (Å²) in [5.41, 5.74) is 7.46. The fourth-order valence-electron chi connectivity index (χ4n) is 2.58. The number of hydrogen-bond donors (Lipinski definition) is 2. The van der Waals surface area contributed by atoms with Crippen molar-refractivity contribution >= 4 is 5.97 Å².